The minimum Gasteiger partial charge on any atom is -0.338 e. The van der Waals surface area contributed by atoms with Gasteiger partial charge < -0.3 is 10.6 Å². The number of benzene rings is 1. The van der Waals surface area contributed by atoms with Crippen LogP contribution in [-0.4, -0.2) is 40.8 Å². The third-order valence-electron chi connectivity index (χ3n) is 3.88. The second kappa shape index (κ2) is 7.57. The van der Waals surface area contributed by atoms with Crippen molar-refractivity contribution in [1.82, 2.24) is 20.5 Å². The van der Waals surface area contributed by atoms with E-state index in [1.165, 1.54) is 4.90 Å². The number of rotatable bonds is 6. The number of nitrogens with one attached hydrogen (secondary N) is 2. The molecule has 1 aromatic heterocycles. The molecule has 2 aromatic rings. The summed E-state index contributed by atoms with van der Waals surface area (Å²) in [4.78, 5) is 41.4. The molecule has 0 fully saturated rings. The van der Waals surface area contributed by atoms with E-state index in [1.807, 2.05) is 18.2 Å². The molecule has 0 saturated carbocycles. The fourth-order valence-electron chi connectivity index (χ4n) is 2.62. The molecule has 25 heavy (non-hydrogen) atoms. The van der Waals surface area contributed by atoms with Gasteiger partial charge in [-0.2, -0.15) is 0 Å². The van der Waals surface area contributed by atoms with Crippen molar-refractivity contribution in [2.45, 2.75) is 13.0 Å². The van der Waals surface area contributed by atoms with Gasteiger partial charge in [-0.25, -0.2) is 4.79 Å². The van der Waals surface area contributed by atoms with E-state index in [-0.39, 0.29) is 24.4 Å². The van der Waals surface area contributed by atoms with Crippen molar-refractivity contribution in [3.05, 3.63) is 65.5 Å². The van der Waals surface area contributed by atoms with E-state index in [0.29, 0.717) is 30.6 Å². The topological polar surface area (TPSA) is 91.4 Å². The first-order valence-corrected chi connectivity index (χ1v) is 8.03. The third-order valence-corrected chi connectivity index (χ3v) is 3.88. The van der Waals surface area contributed by atoms with Gasteiger partial charge in [-0.15, -0.1) is 0 Å². The Hall–Kier alpha value is -3.22. The second-order valence-corrected chi connectivity index (χ2v) is 5.59. The number of nitrogens with zero attached hydrogens (tertiary/aromatic N) is 2. The highest BCUT2D eigenvalue weighted by molar-refractivity contribution is 6.21. The van der Waals surface area contributed by atoms with Crippen LogP contribution in [0.5, 0.6) is 0 Å². The smallest absolute Gasteiger partial charge is 0.315 e. The summed E-state index contributed by atoms with van der Waals surface area (Å²) in [5.74, 6) is -0.555. The number of pyridine rings is 1. The number of aromatic nitrogens is 1. The molecule has 1 aromatic carbocycles. The third kappa shape index (κ3) is 3.82. The molecular formula is C18H18N4O3. The highest BCUT2D eigenvalue weighted by atomic mass is 16.2. The zero-order valence-corrected chi connectivity index (χ0v) is 13.6. The zero-order chi connectivity index (χ0) is 17.6. The fourth-order valence-corrected chi connectivity index (χ4v) is 2.62. The first-order valence-electron chi connectivity index (χ1n) is 8.03. The molecule has 3 rings (SSSR count). The first-order chi connectivity index (χ1) is 12.2. The van der Waals surface area contributed by atoms with Crippen LogP contribution in [0.2, 0.25) is 0 Å². The molecule has 1 aliphatic heterocycles. The standard InChI is InChI=1S/C18H18N4O3/c23-16-14-7-1-2-8-15(14)17(24)22(16)11-5-10-20-18(25)21-12-13-6-3-4-9-19-13/h1-4,6-9H,5,10-12H2,(H2,20,21,25). The maximum Gasteiger partial charge on any atom is 0.315 e. The Morgan fingerprint density at radius 3 is 2.28 bits per heavy atom. The second-order valence-electron chi connectivity index (χ2n) is 5.59. The minimum absolute atomic E-state index is 0.271. The molecule has 128 valence electrons. The van der Waals surface area contributed by atoms with E-state index in [2.05, 4.69) is 15.6 Å². The van der Waals surface area contributed by atoms with Crippen molar-refractivity contribution >= 4 is 17.8 Å². The lowest BCUT2D eigenvalue weighted by molar-refractivity contribution is 0.0653. The van der Waals surface area contributed by atoms with Crippen molar-refractivity contribution < 1.29 is 14.4 Å². The van der Waals surface area contributed by atoms with Crippen LogP contribution in [0.3, 0.4) is 0 Å². The minimum atomic E-state index is -0.312. The summed E-state index contributed by atoms with van der Waals surface area (Å²) in [5, 5.41) is 5.40. The van der Waals surface area contributed by atoms with Crippen LogP contribution in [0.4, 0.5) is 4.79 Å². The van der Waals surface area contributed by atoms with E-state index in [0.717, 1.165) is 5.69 Å². The summed E-state index contributed by atoms with van der Waals surface area (Å²) < 4.78 is 0. The molecule has 0 atom stereocenters. The molecule has 7 nitrogen and oxygen atoms in total. The zero-order valence-electron chi connectivity index (χ0n) is 13.6. The Kier molecular flexibility index (Phi) is 5.03. The van der Waals surface area contributed by atoms with Gasteiger partial charge in [0.15, 0.2) is 0 Å². The Bertz CT molecular complexity index is 757. The van der Waals surface area contributed by atoms with Gasteiger partial charge in [-0.05, 0) is 30.7 Å². The number of carbonyl (C=O) groups excluding carboxylic acids is 3. The monoisotopic (exact) mass is 338 g/mol. The summed E-state index contributed by atoms with van der Waals surface area (Å²) in [6.45, 7) is 0.972. The lowest BCUT2D eigenvalue weighted by atomic mass is 10.1. The van der Waals surface area contributed by atoms with Crippen LogP contribution in [0.25, 0.3) is 0 Å². The first kappa shape index (κ1) is 16.6. The van der Waals surface area contributed by atoms with E-state index < -0.39 is 0 Å². The largest absolute Gasteiger partial charge is 0.338 e. The molecule has 0 bridgehead atoms. The average Bonchev–Trinajstić information content (AvgIpc) is 2.89. The van der Waals surface area contributed by atoms with Gasteiger partial charge in [-0.3, -0.25) is 19.5 Å². The van der Waals surface area contributed by atoms with Crippen LogP contribution >= 0.6 is 0 Å². The fraction of sp³-hybridized carbons (Fsp3) is 0.222. The van der Waals surface area contributed by atoms with E-state index in [4.69, 9.17) is 0 Å². The van der Waals surface area contributed by atoms with E-state index >= 15 is 0 Å². The SMILES string of the molecule is O=C(NCCCN1C(=O)c2ccccc2C1=O)NCc1ccccn1. The van der Waals surface area contributed by atoms with E-state index in [1.54, 1.807) is 30.5 Å². The molecule has 0 saturated heterocycles. The highest BCUT2D eigenvalue weighted by Crippen LogP contribution is 2.22. The average molecular weight is 338 g/mol. The summed E-state index contributed by atoms with van der Waals surface area (Å²) in [5.41, 5.74) is 1.64. The van der Waals surface area contributed by atoms with Crippen LogP contribution in [0, 0.1) is 0 Å². The molecular weight excluding hydrogens is 320 g/mol. The van der Waals surface area contributed by atoms with Gasteiger partial charge in [0, 0.05) is 19.3 Å². The number of hydrogen-bond acceptors (Lipinski definition) is 4. The summed E-state index contributed by atoms with van der Waals surface area (Å²) in [7, 11) is 0. The number of imide groups is 1. The number of fused-ring (bicyclic) bond motifs is 1. The molecule has 7 heteroatoms. The van der Waals surface area contributed by atoms with Crippen LogP contribution < -0.4 is 10.6 Å². The molecule has 0 radical (unpaired) electrons. The number of amides is 4. The quantitative estimate of drug-likeness (QED) is 0.618. The van der Waals surface area contributed by atoms with Crippen molar-refractivity contribution in [3.8, 4) is 0 Å². The molecule has 1 aliphatic rings. The predicted molar refractivity (Wildman–Crippen MR) is 90.9 cm³/mol. The highest BCUT2D eigenvalue weighted by Gasteiger charge is 2.34. The van der Waals surface area contributed by atoms with Crippen LogP contribution in [0.1, 0.15) is 32.8 Å². The van der Waals surface area contributed by atoms with Gasteiger partial charge in [0.05, 0.1) is 23.4 Å². The Morgan fingerprint density at radius 2 is 1.64 bits per heavy atom. The number of urea groups is 1. The van der Waals surface area contributed by atoms with Gasteiger partial charge in [0.1, 0.15) is 0 Å². The van der Waals surface area contributed by atoms with Crippen molar-refractivity contribution in [3.63, 3.8) is 0 Å². The molecule has 0 aliphatic carbocycles. The van der Waals surface area contributed by atoms with Crippen molar-refractivity contribution in [2.75, 3.05) is 13.1 Å². The molecule has 2 heterocycles. The maximum atomic E-state index is 12.2. The number of carbonyl (C=O) groups is 3. The normalized spacial score (nSPS) is 12.9. The van der Waals surface area contributed by atoms with E-state index in [9.17, 15) is 14.4 Å². The van der Waals surface area contributed by atoms with Crippen LogP contribution in [0.15, 0.2) is 48.7 Å². The molecule has 0 unspecified atom stereocenters. The summed E-state index contributed by atoms with van der Waals surface area (Å²) in [6, 6.07) is 11.9. The Labute approximate surface area is 145 Å². The summed E-state index contributed by atoms with van der Waals surface area (Å²) >= 11 is 0. The van der Waals surface area contributed by atoms with Gasteiger partial charge in [0.25, 0.3) is 11.8 Å². The van der Waals surface area contributed by atoms with Gasteiger partial charge >= 0.3 is 6.03 Å². The Morgan fingerprint density at radius 1 is 0.960 bits per heavy atom. The van der Waals surface area contributed by atoms with Crippen molar-refractivity contribution in [1.29, 1.82) is 0 Å². The van der Waals surface area contributed by atoms with Gasteiger partial charge in [0.2, 0.25) is 0 Å². The van der Waals surface area contributed by atoms with Gasteiger partial charge in [-0.1, -0.05) is 18.2 Å². The number of hydrogen-bond donors (Lipinski definition) is 2. The molecule has 4 amide bonds. The van der Waals surface area contributed by atoms with Crippen LogP contribution in [-0.2, 0) is 6.54 Å². The molecule has 0 spiro atoms. The predicted octanol–water partition coefficient (Wildman–Crippen LogP) is 1.57. The molecule has 2 N–H and O–H groups in total. The van der Waals surface area contributed by atoms with Crippen molar-refractivity contribution in [2.24, 2.45) is 0 Å². The Balaban J connectivity index is 1.40. The lowest BCUT2D eigenvalue weighted by Crippen LogP contribution is -2.38. The lowest BCUT2D eigenvalue weighted by Gasteiger charge is -2.14. The maximum absolute atomic E-state index is 12.2. The summed E-state index contributed by atoms with van der Waals surface area (Å²) in [6.07, 6.45) is 2.15.